The summed E-state index contributed by atoms with van der Waals surface area (Å²) in [4.78, 5) is 0. The second kappa shape index (κ2) is 11.6. The zero-order chi connectivity index (χ0) is 17.9. The van der Waals surface area contributed by atoms with E-state index in [4.69, 9.17) is 17.7 Å². The summed E-state index contributed by atoms with van der Waals surface area (Å²) < 4.78 is 24.9. The summed E-state index contributed by atoms with van der Waals surface area (Å²) in [6.45, 7) is 13.3. The molecule has 6 heteroatoms. The van der Waals surface area contributed by atoms with Gasteiger partial charge >= 0.3 is 17.1 Å². The van der Waals surface area contributed by atoms with Crippen LogP contribution >= 0.6 is 0 Å². The Kier molecular flexibility index (Phi) is 10.7. The molecule has 4 nitrogen and oxygen atoms in total. The highest BCUT2D eigenvalue weighted by molar-refractivity contribution is 6.73. The summed E-state index contributed by atoms with van der Waals surface area (Å²) in [7, 11) is -4.45. The van der Waals surface area contributed by atoms with Crippen molar-refractivity contribution in [2.75, 3.05) is 26.4 Å². The summed E-state index contributed by atoms with van der Waals surface area (Å²) in [6, 6.07) is 1.91. The van der Waals surface area contributed by atoms with Gasteiger partial charge < -0.3 is 17.7 Å². The Bertz CT molecular complexity index is 351. The molecule has 1 aliphatic carbocycles. The molecule has 0 aromatic rings. The second-order valence-corrected chi connectivity index (χ2v) is 13.3. The maximum absolute atomic E-state index is 6.39. The molecule has 0 amide bonds. The lowest BCUT2D eigenvalue weighted by molar-refractivity contribution is 0.168. The Morgan fingerprint density at radius 1 is 0.833 bits per heavy atom. The van der Waals surface area contributed by atoms with Gasteiger partial charge in [0.15, 0.2) is 0 Å². The van der Waals surface area contributed by atoms with Gasteiger partial charge in [0.25, 0.3) is 0 Å². The van der Waals surface area contributed by atoms with Crippen LogP contribution in [-0.2, 0) is 17.7 Å². The van der Waals surface area contributed by atoms with Crippen LogP contribution in [0.2, 0.25) is 24.2 Å². The average Bonchev–Trinajstić information content (AvgIpc) is 2.83. The first-order valence-corrected chi connectivity index (χ1v) is 14.4. The van der Waals surface area contributed by atoms with Crippen molar-refractivity contribution in [2.24, 2.45) is 0 Å². The SMILES string of the molecule is CCO[Si](C)(CC[Si](OCC)(OCC)C1C=CCCCC1)OCC. The highest BCUT2D eigenvalue weighted by Crippen LogP contribution is 2.38. The lowest BCUT2D eigenvalue weighted by Gasteiger charge is -2.37. The van der Waals surface area contributed by atoms with E-state index >= 15 is 0 Å². The number of hydrogen-bond acceptors (Lipinski definition) is 4. The lowest BCUT2D eigenvalue weighted by Crippen LogP contribution is -2.49. The van der Waals surface area contributed by atoms with Gasteiger partial charge in [-0.05, 0) is 65.6 Å². The van der Waals surface area contributed by atoms with Crippen molar-refractivity contribution in [3.05, 3.63) is 12.2 Å². The Balaban J connectivity index is 2.94. The Morgan fingerprint density at radius 2 is 1.42 bits per heavy atom. The molecule has 0 saturated carbocycles. The molecular formula is C18H38O4Si2. The molecule has 0 fully saturated rings. The lowest BCUT2D eigenvalue weighted by atomic mass is 10.2. The van der Waals surface area contributed by atoms with E-state index in [1.807, 2.05) is 13.8 Å². The van der Waals surface area contributed by atoms with Crippen LogP contribution in [0.15, 0.2) is 12.2 Å². The fraction of sp³-hybridized carbons (Fsp3) is 0.889. The fourth-order valence-electron chi connectivity index (χ4n) is 3.62. The molecule has 0 heterocycles. The molecule has 1 unspecified atom stereocenters. The average molecular weight is 375 g/mol. The minimum absolute atomic E-state index is 0.446. The molecule has 0 N–H and O–H groups in total. The van der Waals surface area contributed by atoms with Crippen LogP contribution in [0.5, 0.6) is 0 Å². The molecular weight excluding hydrogens is 336 g/mol. The van der Waals surface area contributed by atoms with Gasteiger partial charge in [-0.3, -0.25) is 0 Å². The van der Waals surface area contributed by atoms with Gasteiger partial charge in [-0.2, -0.15) is 0 Å². The maximum Gasteiger partial charge on any atom is 0.345 e. The first-order valence-electron chi connectivity index (χ1n) is 9.78. The zero-order valence-corrected chi connectivity index (χ0v) is 18.4. The monoisotopic (exact) mass is 374 g/mol. The van der Waals surface area contributed by atoms with Crippen LogP contribution in [0.1, 0.15) is 53.4 Å². The first kappa shape index (κ1) is 22.1. The maximum atomic E-state index is 6.39. The van der Waals surface area contributed by atoms with Crippen molar-refractivity contribution in [3.63, 3.8) is 0 Å². The van der Waals surface area contributed by atoms with E-state index < -0.39 is 17.1 Å². The van der Waals surface area contributed by atoms with Gasteiger partial charge in [0.05, 0.1) is 0 Å². The van der Waals surface area contributed by atoms with Crippen molar-refractivity contribution in [3.8, 4) is 0 Å². The largest absolute Gasteiger partial charge is 0.395 e. The molecule has 142 valence electrons. The van der Waals surface area contributed by atoms with Crippen molar-refractivity contribution in [1.82, 2.24) is 0 Å². The molecule has 0 aromatic heterocycles. The molecule has 24 heavy (non-hydrogen) atoms. The van der Waals surface area contributed by atoms with E-state index in [0.29, 0.717) is 18.8 Å². The first-order chi connectivity index (χ1) is 11.6. The third kappa shape index (κ3) is 6.73. The molecule has 0 aliphatic heterocycles. The number of allylic oxidation sites excluding steroid dienone is 2. The Labute approximate surface area is 151 Å². The summed E-state index contributed by atoms with van der Waals surface area (Å²) in [6.07, 6.45) is 9.62. The Hall–Kier alpha value is 0.0138. The standard InChI is InChI=1S/C18H38O4Si2/c1-6-19-23(5,20-7-2)16-17-24(21-8-3,22-9-4)18-14-12-10-11-13-15-18/h12,14,18H,6-11,13,15-17H2,1-5H3. The van der Waals surface area contributed by atoms with Crippen LogP contribution in [0.25, 0.3) is 0 Å². The van der Waals surface area contributed by atoms with E-state index in [1.165, 1.54) is 25.7 Å². The predicted molar refractivity (Wildman–Crippen MR) is 105 cm³/mol. The zero-order valence-electron chi connectivity index (χ0n) is 16.4. The summed E-state index contributed by atoms with van der Waals surface area (Å²) in [5.41, 5.74) is 0.446. The third-order valence-corrected chi connectivity index (χ3v) is 12.2. The van der Waals surface area contributed by atoms with Crippen LogP contribution in [0.3, 0.4) is 0 Å². The summed E-state index contributed by atoms with van der Waals surface area (Å²) >= 11 is 0. The van der Waals surface area contributed by atoms with E-state index in [1.54, 1.807) is 0 Å². The van der Waals surface area contributed by atoms with Crippen molar-refractivity contribution < 1.29 is 17.7 Å². The molecule has 1 aliphatic rings. The Morgan fingerprint density at radius 3 is 1.96 bits per heavy atom. The van der Waals surface area contributed by atoms with E-state index in [-0.39, 0.29) is 0 Å². The fourth-order valence-corrected chi connectivity index (χ4v) is 11.6. The predicted octanol–water partition coefficient (Wildman–Crippen LogP) is 5.15. The second-order valence-electron chi connectivity index (χ2n) is 6.50. The van der Waals surface area contributed by atoms with Crippen LogP contribution in [0.4, 0.5) is 0 Å². The summed E-state index contributed by atoms with van der Waals surface area (Å²) in [5.74, 6) is 0. The molecule has 1 atom stereocenters. The smallest absolute Gasteiger partial charge is 0.345 e. The van der Waals surface area contributed by atoms with E-state index in [9.17, 15) is 0 Å². The number of rotatable bonds is 12. The molecule has 1 rings (SSSR count). The van der Waals surface area contributed by atoms with Gasteiger partial charge in [-0.1, -0.05) is 18.6 Å². The highest BCUT2D eigenvalue weighted by Gasteiger charge is 2.47. The highest BCUT2D eigenvalue weighted by atomic mass is 28.4. The molecule has 0 bridgehead atoms. The van der Waals surface area contributed by atoms with E-state index in [2.05, 4.69) is 32.5 Å². The van der Waals surface area contributed by atoms with Gasteiger partial charge in [0.2, 0.25) is 0 Å². The van der Waals surface area contributed by atoms with Crippen LogP contribution in [-0.4, -0.2) is 43.5 Å². The topological polar surface area (TPSA) is 36.9 Å². The van der Waals surface area contributed by atoms with Crippen LogP contribution in [0, 0.1) is 0 Å². The quantitative estimate of drug-likeness (QED) is 0.350. The third-order valence-electron chi connectivity index (χ3n) is 4.67. The summed E-state index contributed by atoms with van der Waals surface area (Å²) in [5, 5.41) is 0. The minimum Gasteiger partial charge on any atom is -0.395 e. The molecule has 0 aromatic carbocycles. The normalized spacial score (nSPS) is 19.5. The van der Waals surface area contributed by atoms with Crippen molar-refractivity contribution >= 4 is 17.1 Å². The van der Waals surface area contributed by atoms with Crippen molar-refractivity contribution in [1.29, 1.82) is 0 Å². The van der Waals surface area contributed by atoms with E-state index in [0.717, 1.165) is 25.3 Å². The molecule has 0 saturated heterocycles. The van der Waals surface area contributed by atoms with Gasteiger partial charge in [-0.25, -0.2) is 0 Å². The van der Waals surface area contributed by atoms with Gasteiger partial charge in [0.1, 0.15) is 0 Å². The van der Waals surface area contributed by atoms with Gasteiger partial charge in [-0.15, -0.1) is 0 Å². The van der Waals surface area contributed by atoms with Crippen molar-refractivity contribution in [2.45, 2.75) is 77.6 Å². The van der Waals surface area contributed by atoms with Crippen LogP contribution < -0.4 is 0 Å². The van der Waals surface area contributed by atoms with Gasteiger partial charge in [0, 0.05) is 32.0 Å². The molecule has 0 spiro atoms. The minimum atomic E-state index is -2.31. The number of hydrogen-bond donors (Lipinski definition) is 0. The molecule has 0 radical (unpaired) electrons.